The molecule has 0 aliphatic heterocycles. The fourth-order valence-corrected chi connectivity index (χ4v) is 5.02. The number of carbonyl (C=O) groups is 3. The zero-order valence-corrected chi connectivity index (χ0v) is 15.9. The quantitative estimate of drug-likeness (QED) is 0.655. The van der Waals surface area contributed by atoms with Crippen LogP contribution in [0.25, 0.3) is 0 Å². The van der Waals surface area contributed by atoms with Crippen LogP contribution in [0, 0.1) is 25.2 Å². The Morgan fingerprint density at radius 2 is 1.58 bits per heavy atom. The third kappa shape index (κ3) is 3.36. The van der Waals surface area contributed by atoms with Gasteiger partial charge in [-0.3, -0.25) is 14.4 Å². The molecule has 3 rings (SSSR count). The van der Waals surface area contributed by atoms with Crippen LogP contribution in [-0.2, 0) is 14.4 Å². The highest BCUT2D eigenvalue weighted by atomic mass is 16.2. The van der Waals surface area contributed by atoms with E-state index < -0.39 is 5.92 Å². The second kappa shape index (κ2) is 7.01. The van der Waals surface area contributed by atoms with E-state index in [1.165, 1.54) is 0 Å². The number of Topliss-reactive ketones (excluding diaryl/α,β-unsaturated/α-hetero) is 2. The van der Waals surface area contributed by atoms with Crippen molar-refractivity contribution in [2.24, 2.45) is 11.3 Å². The lowest BCUT2D eigenvalue weighted by Gasteiger charge is -2.43. The van der Waals surface area contributed by atoms with Gasteiger partial charge in [0.1, 0.15) is 25.3 Å². The Morgan fingerprint density at radius 3 is 2.04 bits per heavy atom. The Bertz CT molecular complexity index is 720. The maximum Gasteiger partial charge on any atom is 0.222 e. The molecule has 26 heavy (non-hydrogen) atoms. The van der Waals surface area contributed by atoms with Crippen molar-refractivity contribution in [2.45, 2.75) is 58.3 Å². The van der Waals surface area contributed by atoms with E-state index in [4.69, 9.17) is 7.85 Å². The zero-order chi connectivity index (χ0) is 19.1. The van der Waals surface area contributed by atoms with Crippen molar-refractivity contribution in [3.8, 4) is 0 Å². The molecule has 2 saturated carbocycles. The minimum absolute atomic E-state index is 0.00939. The molecule has 0 aromatic heterocycles. The van der Waals surface area contributed by atoms with Crippen LogP contribution in [0.4, 0.5) is 0 Å². The number of benzene rings is 1. The van der Waals surface area contributed by atoms with Crippen LogP contribution >= 0.6 is 0 Å². The second-order valence-electron chi connectivity index (χ2n) is 8.18. The van der Waals surface area contributed by atoms with Gasteiger partial charge < -0.3 is 5.32 Å². The normalized spacial score (nSPS) is 29.0. The molecule has 0 saturated heterocycles. The summed E-state index contributed by atoms with van der Waals surface area (Å²) in [6.45, 7) is 3.83. The molecule has 0 unspecified atom stereocenters. The van der Waals surface area contributed by atoms with Crippen molar-refractivity contribution in [3.05, 3.63) is 28.8 Å². The molecule has 2 aliphatic rings. The third-order valence-corrected chi connectivity index (χ3v) is 6.31. The monoisotopic (exact) mass is 351 g/mol. The maximum absolute atomic E-state index is 13.0. The molecule has 0 bridgehead atoms. The lowest BCUT2D eigenvalue weighted by molar-refractivity contribution is -0.138. The topological polar surface area (TPSA) is 63.2 Å². The van der Waals surface area contributed by atoms with Crippen LogP contribution in [0.1, 0.15) is 61.1 Å². The predicted octanol–water partition coefficient (Wildman–Crippen LogP) is 2.04. The van der Waals surface area contributed by atoms with Crippen LogP contribution in [0.5, 0.6) is 0 Å². The predicted molar refractivity (Wildman–Crippen MR) is 102 cm³/mol. The first-order chi connectivity index (χ1) is 12.3. The van der Waals surface area contributed by atoms with Crippen LogP contribution in [-0.4, -0.2) is 32.4 Å². The van der Waals surface area contributed by atoms with Crippen molar-refractivity contribution >= 4 is 30.8 Å². The SMILES string of the molecule is [B]c1cc(C)c(C2C(=O)CC3(CCC(C(=O)NC)CC3)CC2=O)c(C)c1. The first kappa shape index (κ1) is 18.9. The number of aryl methyl sites for hydroxylation is 2. The molecular formula is C21H26BNO3. The van der Waals surface area contributed by atoms with E-state index in [1.807, 2.05) is 26.0 Å². The molecule has 2 radical (unpaired) electrons. The smallest absolute Gasteiger partial charge is 0.222 e. The van der Waals surface area contributed by atoms with E-state index in [-0.39, 0.29) is 28.8 Å². The van der Waals surface area contributed by atoms with Crippen molar-refractivity contribution in [1.29, 1.82) is 0 Å². The van der Waals surface area contributed by atoms with E-state index in [0.29, 0.717) is 18.3 Å². The minimum Gasteiger partial charge on any atom is -0.359 e. The third-order valence-electron chi connectivity index (χ3n) is 6.31. The fraction of sp³-hybridized carbons (Fsp3) is 0.571. The number of hydrogen-bond acceptors (Lipinski definition) is 3. The molecule has 0 atom stereocenters. The Balaban J connectivity index is 1.80. The van der Waals surface area contributed by atoms with Gasteiger partial charge in [-0.15, -0.1) is 0 Å². The molecule has 5 heteroatoms. The second-order valence-corrected chi connectivity index (χ2v) is 8.18. The standard InChI is InChI=1S/C21H26BNO3/c1-12-8-15(22)9-13(2)18(12)19-16(24)10-21(11-17(19)25)6-4-14(5-7-21)20(26)23-3/h8-9,14,19H,4-7,10-11H2,1-3H3,(H,23,26). The van der Waals surface area contributed by atoms with Crippen molar-refractivity contribution in [1.82, 2.24) is 5.32 Å². The molecule has 1 aromatic carbocycles. The van der Waals surface area contributed by atoms with Gasteiger partial charge in [-0.25, -0.2) is 0 Å². The number of ketones is 2. The molecule has 0 heterocycles. The lowest BCUT2D eigenvalue weighted by atomic mass is 9.59. The summed E-state index contributed by atoms with van der Waals surface area (Å²) in [6.07, 6.45) is 3.93. The van der Waals surface area contributed by atoms with Crippen molar-refractivity contribution in [3.63, 3.8) is 0 Å². The van der Waals surface area contributed by atoms with Gasteiger partial charge in [0.05, 0.1) is 0 Å². The zero-order valence-electron chi connectivity index (χ0n) is 15.9. The van der Waals surface area contributed by atoms with E-state index in [9.17, 15) is 14.4 Å². The highest BCUT2D eigenvalue weighted by Crippen LogP contribution is 2.50. The Labute approximate surface area is 156 Å². The van der Waals surface area contributed by atoms with Gasteiger partial charge in [0.25, 0.3) is 0 Å². The van der Waals surface area contributed by atoms with Crippen molar-refractivity contribution in [2.75, 3.05) is 7.05 Å². The largest absolute Gasteiger partial charge is 0.359 e. The van der Waals surface area contributed by atoms with Gasteiger partial charge in [-0.05, 0) is 61.6 Å². The summed E-state index contributed by atoms with van der Waals surface area (Å²) in [6, 6.07) is 3.67. The number of hydrogen-bond donors (Lipinski definition) is 1. The van der Waals surface area contributed by atoms with Crippen LogP contribution in [0.2, 0.25) is 0 Å². The molecule has 136 valence electrons. The average molecular weight is 351 g/mol. The average Bonchev–Trinajstić information content (AvgIpc) is 2.56. The summed E-state index contributed by atoms with van der Waals surface area (Å²) in [5.41, 5.74) is 3.07. The molecule has 1 spiro atoms. The first-order valence-electron chi connectivity index (χ1n) is 9.40. The Kier molecular flexibility index (Phi) is 5.09. The van der Waals surface area contributed by atoms with Gasteiger partial charge >= 0.3 is 0 Å². The van der Waals surface area contributed by atoms with Crippen molar-refractivity contribution < 1.29 is 14.4 Å². The molecular weight excluding hydrogens is 325 g/mol. The van der Waals surface area contributed by atoms with Gasteiger partial charge in [0, 0.05) is 25.8 Å². The molecule has 2 aliphatic carbocycles. The summed E-state index contributed by atoms with van der Waals surface area (Å²) in [4.78, 5) is 37.9. The van der Waals surface area contributed by atoms with Crippen LogP contribution < -0.4 is 10.8 Å². The summed E-state index contributed by atoms with van der Waals surface area (Å²) >= 11 is 0. The Hall–Kier alpha value is -1.91. The van der Waals surface area contributed by atoms with E-state index in [1.54, 1.807) is 7.05 Å². The fourth-order valence-electron chi connectivity index (χ4n) is 5.02. The maximum atomic E-state index is 13.0. The summed E-state index contributed by atoms with van der Waals surface area (Å²) in [5.74, 6) is -0.529. The highest BCUT2D eigenvalue weighted by Gasteiger charge is 2.48. The number of rotatable bonds is 2. The number of amides is 1. The molecule has 1 amide bonds. The van der Waals surface area contributed by atoms with E-state index >= 15 is 0 Å². The molecule has 1 N–H and O–H groups in total. The van der Waals surface area contributed by atoms with Gasteiger partial charge in [0.15, 0.2) is 0 Å². The van der Waals surface area contributed by atoms with Gasteiger partial charge in [-0.2, -0.15) is 0 Å². The lowest BCUT2D eigenvalue weighted by Crippen LogP contribution is -2.43. The molecule has 2 fully saturated rings. The Morgan fingerprint density at radius 1 is 1.08 bits per heavy atom. The van der Waals surface area contributed by atoms with Gasteiger partial charge in [0.2, 0.25) is 5.91 Å². The highest BCUT2D eigenvalue weighted by molar-refractivity contribution is 6.32. The van der Waals surface area contributed by atoms with Gasteiger partial charge in [-0.1, -0.05) is 17.6 Å². The first-order valence-corrected chi connectivity index (χ1v) is 9.40. The summed E-state index contributed by atoms with van der Waals surface area (Å²) in [5, 5.41) is 2.71. The molecule has 1 aromatic rings. The van der Waals surface area contributed by atoms with Crippen LogP contribution in [0.15, 0.2) is 12.1 Å². The summed E-state index contributed by atoms with van der Waals surface area (Å²) in [7, 11) is 7.54. The summed E-state index contributed by atoms with van der Waals surface area (Å²) < 4.78 is 0. The number of carbonyl (C=O) groups excluding carboxylic acids is 3. The van der Waals surface area contributed by atoms with Crippen LogP contribution in [0.3, 0.4) is 0 Å². The van der Waals surface area contributed by atoms with E-state index in [0.717, 1.165) is 42.4 Å². The molecule has 4 nitrogen and oxygen atoms in total. The van der Waals surface area contributed by atoms with E-state index in [2.05, 4.69) is 5.32 Å². The minimum atomic E-state index is -0.655. The number of nitrogens with one attached hydrogen (secondary N) is 1.